The van der Waals surface area contributed by atoms with E-state index in [1.807, 2.05) is 18.2 Å². The van der Waals surface area contributed by atoms with Crippen LogP contribution in [0.5, 0.6) is 0 Å². The fraction of sp³-hybridized carbons (Fsp3) is 0.294. The van der Waals surface area contributed by atoms with Crippen molar-refractivity contribution in [1.82, 2.24) is 5.43 Å². The Balaban J connectivity index is 2.08. The quantitative estimate of drug-likeness (QED) is 0.638. The van der Waals surface area contributed by atoms with E-state index < -0.39 is 0 Å². The molecule has 0 aliphatic carbocycles. The Hall–Kier alpha value is -1.06. The summed E-state index contributed by atoms with van der Waals surface area (Å²) >= 11 is 12.0. The third-order valence-electron chi connectivity index (χ3n) is 3.76. The van der Waals surface area contributed by atoms with Crippen LogP contribution in [0.4, 0.5) is 0 Å². The van der Waals surface area contributed by atoms with Crippen LogP contribution in [0.2, 0.25) is 10.0 Å². The Morgan fingerprint density at radius 1 is 0.905 bits per heavy atom. The number of hydrazine groups is 1. The predicted molar refractivity (Wildman–Crippen MR) is 90.9 cm³/mol. The Bertz CT molecular complexity index is 573. The monoisotopic (exact) mass is 322 g/mol. The number of rotatable bonds is 5. The third-order valence-corrected chi connectivity index (χ3v) is 4.49. The fourth-order valence-electron chi connectivity index (χ4n) is 2.36. The van der Waals surface area contributed by atoms with Crippen LogP contribution in [0.1, 0.15) is 22.3 Å². The molecule has 112 valence electrons. The zero-order valence-corrected chi connectivity index (χ0v) is 13.8. The molecule has 2 aromatic rings. The molecule has 21 heavy (non-hydrogen) atoms. The first-order valence-electron chi connectivity index (χ1n) is 6.95. The van der Waals surface area contributed by atoms with Crippen molar-refractivity contribution in [3.8, 4) is 0 Å². The number of benzene rings is 2. The van der Waals surface area contributed by atoms with E-state index in [0.717, 1.165) is 18.4 Å². The molecule has 0 aliphatic heterocycles. The second kappa shape index (κ2) is 7.28. The van der Waals surface area contributed by atoms with E-state index in [1.165, 1.54) is 16.7 Å². The van der Waals surface area contributed by atoms with Gasteiger partial charge < -0.3 is 0 Å². The standard InChI is InChI=1S/C17H20Cl2N2/c1-11-3-4-13(7-12(11)2)8-15(21-20)9-14-5-6-16(18)17(19)10-14/h3-7,10,15,21H,8-9,20H2,1-2H3. The molecule has 0 amide bonds. The number of nitrogens with two attached hydrogens (primary N) is 1. The lowest BCUT2D eigenvalue weighted by atomic mass is 9.97. The van der Waals surface area contributed by atoms with Crippen LogP contribution in [-0.2, 0) is 12.8 Å². The summed E-state index contributed by atoms with van der Waals surface area (Å²) in [6.45, 7) is 4.25. The molecule has 0 fully saturated rings. The van der Waals surface area contributed by atoms with Crippen LogP contribution < -0.4 is 11.3 Å². The third kappa shape index (κ3) is 4.45. The number of hydrogen-bond donors (Lipinski definition) is 2. The van der Waals surface area contributed by atoms with Gasteiger partial charge in [-0.15, -0.1) is 0 Å². The Morgan fingerprint density at radius 2 is 1.52 bits per heavy atom. The SMILES string of the molecule is Cc1ccc(CC(Cc2ccc(Cl)c(Cl)c2)NN)cc1C. The molecule has 0 spiro atoms. The highest BCUT2D eigenvalue weighted by atomic mass is 35.5. The van der Waals surface area contributed by atoms with Gasteiger partial charge in [0.1, 0.15) is 0 Å². The highest BCUT2D eigenvalue weighted by molar-refractivity contribution is 6.42. The first kappa shape index (κ1) is 16.3. The zero-order chi connectivity index (χ0) is 15.4. The Labute approximate surface area is 136 Å². The molecule has 1 unspecified atom stereocenters. The molecule has 0 radical (unpaired) electrons. The van der Waals surface area contributed by atoms with E-state index in [4.69, 9.17) is 29.0 Å². The first-order chi connectivity index (χ1) is 9.99. The molecule has 0 heterocycles. The molecule has 3 N–H and O–H groups in total. The summed E-state index contributed by atoms with van der Waals surface area (Å²) in [5.74, 6) is 5.70. The summed E-state index contributed by atoms with van der Waals surface area (Å²) in [5, 5.41) is 1.16. The minimum Gasteiger partial charge on any atom is -0.271 e. The highest BCUT2D eigenvalue weighted by Crippen LogP contribution is 2.23. The molecule has 2 nitrogen and oxygen atoms in total. The lowest BCUT2D eigenvalue weighted by molar-refractivity contribution is 0.522. The first-order valence-corrected chi connectivity index (χ1v) is 7.71. The van der Waals surface area contributed by atoms with Crippen molar-refractivity contribution in [1.29, 1.82) is 0 Å². The van der Waals surface area contributed by atoms with Crippen LogP contribution in [0.25, 0.3) is 0 Å². The van der Waals surface area contributed by atoms with Gasteiger partial charge in [0.15, 0.2) is 0 Å². The van der Waals surface area contributed by atoms with Crippen molar-refractivity contribution in [2.24, 2.45) is 5.84 Å². The molecule has 0 aliphatic rings. The van der Waals surface area contributed by atoms with Gasteiger partial charge in [-0.25, -0.2) is 0 Å². The summed E-state index contributed by atoms with van der Waals surface area (Å²) in [7, 11) is 0. The summed E-state index contributed by atoms with van der Waals surface area (Å²) in [5.41, 5.74) is 7.90. The molecule has 0 bridgehead atoms. The molecule has 0 aromatic heterocycles. The summed E-state index contributed by atoms with van der Waals surface area (Å²) in [6.07, 6.45) is 1.68. The lowest BCUT2D eigenvalue weighted by Gasteiger charge is -2.17. The Kier molecular flexibility index (Phi) is 5.65. The smallest absolute Gasteiger partial charge is 0.0595 e. The summed E-state index contributed by atoms with van der Waals surface area (Å²) in [4.78, 5) is 0. The fourth-order valence-corrected chi connectivity index (χ4v) is 2.68. The number of aryl methyl sites for hydroxylation is 2. The maximum absolute atomic E-state index is 6.06. The van der Waals surface area contributed by atoms with Crippen molar-refractivity contribution in [2.75, 3.05) is 0 Å². The van der Waals surface area contributed by atoms with E-state index in [9.17, 15) is 0 Å². The van der Waals surface area contributed by atoms with E-state index in [-0.39, 0.29) is 6.04 Å². The molecule has 1 atom stereocenters. The summed E-state index contributed by atoms with van der Waals surface area (Å²) in [6, 6.07) is 12.4. The maximum Gasteiger partial charge on any atom is 0.0595 e. The van der Waals surface area contributed by atoms with Crippen molar-refractivity contribution in [3.63, 3.8) is 0 Å². The van der Waals surface area contributed by atoms with Crippen LogP contribution in [0.15, 0.2) is 36.4 Å². The number of halogens is 2. The van der Waals surface area contributed by atoms with Crippen molar-refractivity contribution < 1.29 is 0 Å². The van der Waals surface area contributed by atoms with Crippen LogP contribution in [-0.4, -0.2) is 6.04 Å². The largest absolute Gasteiger partial charge is 0.271 e. The number of hydrogen-bond acceptors (Lipinski definition) is 2. The van der Waals surface area contributed by atoms with Gasteiger partial charge in [0.25, 0.3) is 0 Å². The normalized spacial score (nSPS) is 12.4. The lowest BCUT2D eigenvalue weighted by Crippen LogP contribution is -2.38. The van der Waals surface area contributed by atoms with E-state index >= 15 is 0 Å². The second-order valence-corrected chi connectivity index (χ2v) is 6.25. The van der Waals surface area contributed by atoms with E-state index in [1.54, 1.807) is 0 Å². The topological polar surface area (TPSA) is 38.0 Å². The van der Waals surface area contributed by atoms with E-state index in [0.29, 0.717) is 10.0 Å². The maximum atomic E-state index is 6.06. The molecular formula is C17H20Cl2N2. The van der Waals surface area contributed by atoms with Crippen LogP contribution in [0.3, 0.4) is 0 Å². The minimum atomic E-state index is 0.157. The van der Waals surface area contributed by atoms with Gasteiger partial charge in [-0.1, -0.05) is 47.5 Å². The van der Waals surface area contributed by atoms with Crippen LogP contribution in [0, 0.1) is 13.8 Å². The van der Waals surface area contributed by atoms with Crippen molar-refractivity contribution in [2.45, 2.75) is 32.7 Å². The molecule has 2 aromatic carbocycles. The molecule has 2 rings (SSSR count). The van der Waals surface area contributed by atoms with Gasteiger partial charge in [-0.2, -0.15) is 0 Å². The van der Waals surface area contributed by atoms with Gasteiger partial charge in [0.2, 0.25) is 0 Å². The highest BCUT2D eigenvalue weighted by Gasteiger charge is 2.10. The summed E-state index contributed by atoms with van der Waals surface area (Å²) < 4.78 is 0. The van der Waals surface area contributed by atoms with Gasteiger partial charge in [-0.3, -0.25) is 11.3 Å². The average Bonchev–Trinajstić information content (AvgIpc) is 2.46. The average molecular weight is 323 g/mol. The van der Waals surface area contributed by atoms with Gasteiger partial charge >= 0.3 is 0 Å². The molecular weight excluding hydrogens is 303 g/mol. The van der Waals surface area contributed by atoms with Gasteiger partial charge in [0, 0.05) is 6.04 Å². The zero-order valence-electron chi connectivity index (χ0n) is 12.3. The molecule has 0 saturated carbocycles. The van der Waals surface area contributed by atoms with Gasteiger partial charge in [-0.05, 0) is 61.1 Å². The van der Waals surface area contributed by atoms with Crippen molar-refractivity contribution in [3.05, 3.63) is 68.7 Å². The minimum absolute atomic E-state index is 0.157. The van der Waals surface area contributed by atoms with Crippen molar-refractivity contribution >= 4 is 23.2 Å². The predicted octanol–water partition coefficient (Wildman–Crippen LogP) is 4.23. The molecule has 0 saturated heterocycles. The Morgan fingerprint density at radius 3 is 2.10 bits per heavy atom. The second-order valence-electron chi connectivity index (χ2n) is 5.44. The number of nitrogens with one attached hydrogen (secondary N) is 1. The molecule has 4 heteroatoms. The van der Waals surface area contributed by atoms with Crippen LogP contribution >= 0.6 is 23.2 Å². The van der Waals surface area contributed by atoms with E-state index in [2.05, 4.69) is 37.5 Å². The van der Waals surface area contributed by atoms with Gasteiger partial charge in [0.05, 0.1) is 10.0 Å².